The highest BCUT2D eigenvalue weighted by atomic mass is 19.2. The molecule has 1 fully saturated rings. The molecule has 0 atom stereocenters. The van der Waals surface area contributed by atoms with Crippen molar-refractivity contribution in [1.29, 1.82) is 0 Å². The van der Waals surface area contributed by atoms with E-state index in [1.807, 2.05) is 0 Å². The molecule has 3 heteroatoms. The van der Waals surface area contributed by atoms with Gasteiger partial charge in [0.2, 0.25) is 5.82 Å². The summed E-state index contributed by atoms with van der Waals surface area (Å²) in [5, 5.41) is 0. The summed E-state index contributed by atoms with van der Waals surface area (Å²) >= 11 is 0. The van der Waals surface area contributed by atoms with Crippen molar-refractivity contribution in [3.63, 3.8) is 0 Å². The molecule has 1 saturated carbocycles. The minimum Gasteiger partial charge on any atom is -0.462 e. The average molecular weight is 503 g/mol. The van der Waals surface area contributed by atoms with Crippen molar-refractivity contribution in [1.82, 2.24) is 0 Å². The molecular formula is C34H40F2O. The maximum absolute atomic E-state index is 14.5. The zero-order chi connectivity index (χ0) is 26.0. The van der Waals surface area contributed by atoms with Gasteiger partial charge in [-0.1, -0.05) is 80.4 Å². The standard InChI is InChI=1S/C34H40F2O/c1-3-5-6-7-25-8-13-27(14-9-25)29-18-20-30(21-19-29)28-15-10-26(11-16-28)12-17-31-22-23-32(37-24-4-2)34(36)33(31)35/h4,8-11,13-16,22-24,29-30H,3,5-7,12,17-21H2,1-2H3. The van der Waals surface area contributed by atoms with Crippen molar-refractivity contribution in [2.75, 3.05) is 0 Å². The summed E-state index contributed by atoms with van der Waals surface area (Å²) in [5.74, 6) is -0.552. The Morgan fingerprint density at radius 3 is 1.81 bits per heavy atom. The molecule has 0 N–H and O–H groups in total. The summed E-state index contributed by atoms with van der Waals surface area (Å²) in [6, 6.07) is 21.3. The molecule has 0 saturated heterocycles. The lowest BCUT2D eigenvalue weighted by molar-refractivity contribution is 0.396. The predicted molar refractivity (Wildman–Crippen MR) is 149 cm³/mol. The number of benzene rings is 3. The fourth-order valence-electron chi connectivity index (χ4n) is 5.53. The van der Waals surface area contributed by atoms with Crippen LogP contribution in [0.2, 0.25) is 0 Å². The van der Waals surface area contributed by atoms with Gasteiger partial charge in [-0.25, -0.2) is 4.39 Å². The van der Waals surface area contributed by atoms with Crippen molar-refractivity contribution in [3.05, 3.63) is 112 Å². The van der Waals surface area contributed by atoms with Crippen LogP contribution in [0, 0.1) is 11.6 Å². The molecule has 0 spiro atoms. The Labute approximate surface area is 221 Å². The molecule has 0 heterocycles. The Morgan fingerprint density at radius 2 is 1.27 bits per heavy atom. The van der Waals surface area contributed by atoms with Gasteiger partial charge in [0.05, 0.1) is 6.26 Å². The molecular weight excluding hydrogens is 462 g/mol. The van der Waals surface area contributed by atoms with Gasteiger partial charge >= 0.3 is 0 Å². The number of rotatable bonds is 11. The average Bonchev–Trinajstić information content (AvgIpc) is 2.94. The molecule has 37 heavy (non-hydrogen) atoms. The molecule has 0 unspecified atom stereocenters. The summed E-state index contributed by atoms with van der Waals surface area (Å²) in [6.07, 6.45) is 14.1. The molecule has 1 nitrogen and oxygen atoms in total. The highest BCUT2D eigenvalue weighted by Gasteiger charge is 2.23. The van der Waals surface area contributed by atoms with E-state index in [1.54, 1.807) is 19.1 Å². The first-order valence-corrected chi connectivity index (χ1v) is 14.0. The van der Waals surface area contributed by atoms with E-state index >= 15 is 0 Å². The molecule has 0 radical (unpaired) electrons. The van der Waals surface area contributed by atoms with Crippen LogP contribution in [-0.4, -0.2) is 0 Å². The molecule has 0 aromatic heterocycles. The number of ether oxygens (including phenoxy) is 1. The molecule has 4 rings (SSSR count). The summed E-state index contributed by atoms with van der Waals surface area (Å²) < 4.78 is 33.8. The van der Waals surface area contributed by atoms with E-state index in [0.717, 1.165) is 5.56 Å². The van der Waals surface area contributed by atoms with Crippen LogP contribution in [-0.2, 0) is 19.3 Å². The van der Waals surface area contributed by atoms with Crippen molar-refractivity contribution in [2.24, 2.45) is 0 Å². The zero-order valence-electron chi connectivity index (χ0n) is 22.3. The Kier molecular flexibility index (Phi) is 9.93. The highest BCUT2D eigenvalue weighted by molar-refractivity contribution is 5.33. The zero-order valence-corrected chi connectivity index (χ0v) is 22.3. The molecule has 3 aromatic rings. The lowest BCUT2D eigenvalue weighted by atomic mass is 9.76. The maximum atomic E-state index is 14.5. The van der Waals surface area contributed by atoms with Crippen LogP contribution in [0.3, 0.4) is 0 Å². The molecule has 196 valence electrons. The first kappa shape index (κ1) is 27.1. The number of allylic oxidation sites excluding steroid dienone is 1. The fourth-order valence-corrected chi connectivity index (χ4v) is 5.53. The largest absolute Gasteiger partial charge is 0.462 e. The van der Waals surface area contributed by atoms with Crippen LogP contribution in [0.15, 0.2) is 73.0 Å². The summed E-state index contributed by atoms with van der Waals surface area (Å²) in [5.41, 5.74) is 5.89. The van der Waals surface area contributed by atoms with E-state index < -0.39 is 11.6 Å². The van der Waals surface area contributed by atoms with Gasteiger partial charge in [-0.3, -0.25) is 0 Å². The van der Waals surface area contributed by atoms with Crippen LogP contribution in [0.4, 0.5) is 8.78 Å². The van der Waals surface area contributed by atoms with Crippen LogP contribution in [0.5, 0.6) is 5.75 Å². The van der Waals surface area contributed by atoms with E-state index in [0.29, 0.717) is 30.2 Å². The lowest BCUT2D eigenvalue weighted by Crippen LogP contribution is -2.12. The predicted octanol–water partition coefficient (Wildman–Crippen LogP) is 9.84. The highest BCUT2D eigenvalue weighted by Crippen LogP contribution is 2.40. The van der Waals surface area contributed by atoms with Gasteiger partial charge in [-0.2, -0.15) is 4.39 Å². The topological polar surface area (TPSA) is 9.23 Å². The second kappa shape index (κ2) is 13.6. The Bertz CT molecular complexity index is 1140. The first-order chi connectivity index (χ1) is 18.1. The van der Waals surface area contributed by atoms with E-state index in [1.165, 1.54) is 80.4 Å². The number of aryl methyl sites for hydroxylation is 3. The third-order valence-electron chi connectivity index (χ3n) is 7.84. The third kappa shape index (κ3) is 7.31. The Hall–Kier alpha value is -2.94. The second-order valence-corrected chi connectivity index (χ2v) is 10.4. The van der Waals surface area contributed by atoms with Crippen LogP contribution >= 0.6 is 0 Å². The number of halogens is 2. The van der Waals surface area contributed by atoms with Gasteiger partial charge in [-0.15, -0.1) is 0 Å². The van der Waals surface area contributed by atoms with Crippen LogP contribution < -0.4 is 4.74 Å². The van der Waals surface area contributed by atoms with Crippen molar-refractivity contribution in [3.8, 4) is 5.75 Å². The van der Waals surface area contributed by atoms with Gasteiger partial charge in [0.25, 0.3) is 0 Å². The summed E-state index contributed by atoms with van der Waals surface area (Å²) in [7, 11) is 0. The van der Waals surface area contributed by atoms with Crippen molar-refractivity contribution in [2.45, 2.75) is 89.9 Å². The number of hydrogen-bond acceptors (Lipinski definition) is 1. The van der Waals surface area contributed by atoms with E-state index in [2.05, 4.69) is 55.5 Å². The normalized spacial score (nSPS) is 17.8. The SMILES string of the molecule is CC=COc1ccc(CCc2ccc(C3CCC(c4ccc(CCCCC)cc4)CC3)cc2)c(F)c1F. The van der Waals surface area contributed by atoms with Gasteiger partial charge in [0, 0.05) is 0 Å². The second-order valence-electron chi connectivity index (χ2n) is 10.4. The smallest absolute Gasteiger partial charge is 0.201 e. The molecule has 0 amide bonds. The molecule has 3 aromatic carbocycles. The number of hydrogen-bond donors (Lipinski definition) is 0. The van der Waals surface area contributed by atoms with Gasteiger partial charge < -0.3 is 4.74 Å². The maximum Gasteiger partial charge on any atom is 0.201 e. The lowest BCUT2D eigenvalue weighted by Gasteiger charge is -2.29. The van der Waals surface area contributed by atoms with E-state index in [9.17, 15) is 8.78 Å². The Balaban J connectivity index is 1.27. The van der Waals surface area contributed by atoms with E-state index in [4.69, 9.17) is 4.74 Å². The minimum atomic E-state index is -0.926. The quantitative estimate of drug-likeness (QED) is 0.187. The minimum absolute atomic E-state index is 0.0853. The van der Waals surface area contributed by atoms with E-state index in [-0.39, 0.29) is 5.75 Å². The molecule has 0 bridgehead atoms. The summed E-state index contributed by atoms with van der Waals surface area (Å²) in [4.78, 5) is 0. The number of unbranched alkanes of at least 4 members (excludes halogenated alkanes) is 2. The fraction of sp³-hybridized carbons (Fsp3) is 0.412. The Morgan fingerprint density at radius 1 is 0.703 bits per heavy atom. The molecule has 0 aliphatic heterocycles. The van der Waals surface area contributed by atoms with Gasteiger partial charge in [0.15, 0.2) is 11.6 Å². The summed E-state index contributed by atoms with van der Waals surface area (Å²) in [6.45, 7) is 4.01. The van der Waals surface area contributed by atoms with Crippen molar-refractivity contribution < 1.29 is 13.5 Å². The van der Waals surface area contributed by atoms with Crippen LogP contribution in [0.25, 0.3) is 0 Å². The monoisotopic (exact) mass is 502 g/mol. The molecule has 1 aliphatic rings. The van der Waals surface area contributed by atoms with Crippen molar-refractivity contribution >= 4 is 0 Å². The van der Waals surface area contributed by atoms with Gasteiger partial charge in [0.1, 0.15) is 0 Å². The van der Waals surface area contributed by atoms with Crippen LogP contribution in [0.1, 0.15) is 98.4 Å². The van der Waals surface area contributed by atoms with Gasteiger partial charge in [-0.05, 0) is 104 Å². The third-order valence-corrected chi connectivity index (χ3v) is 7.84. The molecule has 1 aliphatic carbocycles. The first-order valence-electron chi connectivity index (χ1n) is 14.0.